The first-order valence-corrected chi connectivity index (χ1v) is 5.83. The number of carbonyl (C=O) groups is 1. The molecule has 2 N–H and O–H groups in total. The van der Waals surface area contributed by atoms with Crippen LogP contribution in [0.4, 0.5) is 13.2 Å². The second-order valence-electron chi connectivity index (χ2n) is 3.80. The molecule has 21 heavy (non-hydrogen) atoms. The Morgan fingerprint density at radius 2 is 2.10 bits per heavy atom. The van der Waals surface area contributed by atoms with E-state index in [0.717, 1.165) is 6.21 Å². The van der Waals surface area contributed by atoms with Crippen LogP contribution in [0.15, 0.2) is 29.4 Å². The average molecular weight is 316 g/mol. The third-order valence-corrected chi connectivity index (χ3v) is 2.67. The fourth-order valence-corrected chi connectivity index (χ4v) is 1.69. The second kappa shape index (κ2) is 5.48. The van der Waals surface area contributed by atoms with E-state index in [1.807, 2.05) is 5.10 Å². The van der Waals surface area contributed by atoms with E-state index in [9.17, 15) is 18.0 Å². The molecule has 0 bridgehead atoms. The lowest BCUT2D eigenvalue weighted by Crippen LogP contribution is -2.13. The summed E-state index contributed by atoms with van der Waals surface area (Å²) in [6, 6.07) is 5.74. The van der Waals surface area contributed by atoms with Gasteiger partial charge in [-0.1, -0.05) is 18.2 Å². The van der Waals surface area contributed by atoms with Crippen LogP contribution in [0, 0.1) is 4.77 Å². The van der Waals surface area contributed by atoms with Gasteiger partial charge in [-0.25, -0.2) is 9.89 Å². The van der Waals surface area contributed by atoms with E-state index >= 15 is 0 Å². The average Bonchev–Trinajstić information content (AvgIpc) is 2.77. The molecule has 0 amide bonds. The van der Waals surface area contributed by atoms with Gasteiger partial charge >= 0.3 is 12.1 Å². The molecule has 1 heterocycles. The smallest absolute Gasteiger partial charge is 0.453 e. The summed E-state index contributed by atoms with van der Waals surface area (Å²) < 4.78 is 38.1. The number of alkyl halides is 3. The first-order chi connectivity index (χ1) is 9.80. The highest BCUT2D eigenvalue weighted by atomic mass is 32.1. The van der Waals surface area contributed by atoms with Gasteiger partial charge in [0.1, 0.15) is 0 Å². The second-order valence-corrected chi connectivity index (χ2v) is 4.19. The van der Waals surface area contributed by atoms with Crippen LogP contribution in [0.3, 0.4) is 0 Å². The molecule has 0 saturated heterocycles. The molecule has 0 spiro atoms. The van der Waals surface area contributed by atoms with Crippen molar-refractivity contribution in [1.29, 1.82) is 0 Å². The molecule has 1 aromatic heterocycles. The lowest BCUT2D eigenvalue weighted by molar-refractivity contribution is -0.147. The predicted molar refractivity (Wildman–Crippen MR) is 68.8 cm³/mol. The number of nitrogens with one attached hydrogen (secondary N) is 1. The van der Waals surface area contributed by atoms with Gasteiger partial charge in [-0.2, -0.15) is 22.9 Å². The number of carboxylic acid groups (broad SMARTS) is 1. The number of hydrogen-bond acceptors (Lipinski definition) is 4. The van der Waals surface area contributed by atoms with Gasteiger partial charge in [0, 0.05) is 5.56 Å². The summed E-state index contributed by atoms with van der Waals surface area (Å²) in [4.78, 5) is 11.0. The van der Waals surface area contributed by atoms with E-state index in [1.54, 1.807) is 0 Å². The zero-order valence-electron chi connectivity index (χ0n) is 10.1. The quantitative estimate of drug-likeness (QED) is 0.673. The van der Waals surface area contributed by atoms with Gasteiger partial charge in [0.2, 0.25) is 4.77 Å². The molecule has 0 saturated carbocycles. The third-order valence-electron chi connectivity index (χ3n) is 2.41. The fourth-order valence-electron chi connectivity index (χ4n) is 1.51. The maximum Gasteiger partial charge on any atom is 0.453 e. The summed E-state index contributed by atoms with van der Waals surface area (Å²) >= 11 is 4.66. The van der Waals surface area contributed by atoms with Crippen molar-refractivity contribution in [3.8, 4) is 0 Å². The van der Waals surface area contributed by atoms with Crippen LogP contribution >= 0.6 is 12.2 Å². The van der Waals surface area contributed by atoms with Crippen LogP contribution in [0.2, 0.25) is 0 Å². The van der Waals surface area contributed by atoms with Gasteiger partial charge in [-0.15, -0.1) is 5.10 Å². The van der Waals surface area contributed by atoms with Gasteiger partial charge in [0.25, 0.3) is 5.82 Å². The first kappa shape index (κ1) is 14.9. The molecule has 110 valence electrons. The van der Waals surface area contributed by atoms with Gasteiger partial charge in [0.15, 0.2) is 0 Å². The Hall–Kier alpha value is -2.49. The van der Waals surface area contributed by atoms with Crippen molar-refractivity contribution in [3.05, 3.63) is 46.0 Å². The number of rotatable bonds is 3. The van der Waals surface area contributed by atoms with Crippen LogP contribution in [0.1, 0.15) is 21.7 Å². The van der Waals surface area contributed by atoms with Crippen molar-refractivity contribution in [2.24, 2.45) is 5.10 Å². The molecule has 0 atom stereocenters. The molecule has 6 nitrogen and oxygen atoms in total. The van der Waals surface area contributed by atoms with Gasteiger partial charge < -0.3 is 5.11 Å². The number of aromatic nitrogens is 3. The van der Waals surface area contributed by atoms with E-state index in [4.69, 9.17) is 5.11 Å². The number of H-pyrrole nitrogens is 1. The molecule has 1 aromatic carbocycles. The highest BCUT2D eigenvalue weighted by Gasteiger charge is 2.37. The van der Waals surface area contributed by atoms with E-state index in [0.29, 0.717) is 4.68 Å². The summed E-state index contributed by atoms with van der Waals surface area (Å²) in [7, 11) is 0. The molecule has 2 aromatic rings. The topological polar surface area (TPSA) is 83.3 Å². The van der Waals surface area contributed by atoms with Crippen molar-refractivity contribution in [1.82, 2.24) is 14.9 Å². The van der Waals surface area contributed by atoms with Gasteiger partial charge in [-0.05, 0) is 18.3 Å². The number of halogens is 3. The van der Waals surface area contributed by atoms with Crippen LogP contribution < -0.4 is 0 Å². The van der Waals surface area contributed by atoms with Gasteiger partial charge in [0.05, 0.1) is 11.8 Å². The molecule has 0 unspecified atom stereocenters. The fraction of sp³-hybridized carbons (Fsp3) is 0.0909. The zero-order chi connectivity index (χ0) is 15.6. The Morgan fingerprint density at radius 1 is 1.43 bits per heavy atom. The summed E-state index contributed by atoms with van der Waals surface area (Å²) in [5, 5.41) is 17.6. The molecule has 2 rings (SSSR count). The zero-order valence-corrected chi connectivity index (χ0v) is 10.9. The van der Waals surface area contributed by atoms with E-state index in [2.05, 4.69) is 22.4 Å². The summed E-state index contributed by atoms with van der Waals surface area (Å²) in [6.07, 6.45) is -3.76. The standard InChI is InChI=1S/C11H7F3N4O2S/c12-11(13,14)9-16-17-10(21)18(9)15-5-6-3-1-2-4-7(6)8(19)20/h1-5H,(H,17,21)(H,19,20)/b15-5+. The molecule has 0 aliphatic rings. The van der Waals surface area contributed by atoms with Crippen LogP contribution in [0.25, 0.3) is 0 Å². The maximum atomic E-state index is 12.7. The number of aromatic amines is 1. The van der Waals surface area contributed by atoms with Crippen LogP contribution in [0.5, 0.6) is 0 Å². The van der Waals surface area contributed by atoms with Crippen molar-refractivity contribution < 1.29 is 23.1 Å². The van der Waals surface area contributed by atoms with Gasteiger partial charge in [-0.3, -0.25) is 0 Å². The Morgan fingerprint density at radius 3 is 2.71 bits per heavy atom. The number of benzene rings is 1. The number of hydrogen-bond donors (Lipinski definition) is 2. The minimum Gasteiger partial charge on any atom is -0.478 e. The summed E-state index contributed by atoms with van der Waals surface area (Å²) in [5.74, 6) is -2.54. The largest absolute Gasteiger partial charge is 0.478 e. The lowest BCUT2D eigenvalue weighted by Gasteiger charge is -2.04. The summed E-state index contributed by atoms with van der Waals surface area (Å²) in [5.41, 5.74) is 0.0473. The Balaban J connectivity index is 2.47. The van der Waals surface area contributed by atoms with Crippen molar-refractivity contribution in [2.75, 3.05) is 0 Å². The predicted octanol–water partition coefficient (Wildman–Crippen LogP) is 2.54. The Bertz CT molecular complexity index is 763. The van der Waals surface area contributed by atoms with E-state index in [1.165, 1.54) is 24.3 Å². The van der Waals surface area contributed by atoms with Crippen molar-refractivity contribution >= 4 is 24.4 Å². The summed E-state index contributed by atoms with van der Waals surface area (Å²) in [6.45, 7) is 0. The minimum absolute atomic E-state index is 0.0928. The molecule has 0 radical (unpaired) electrons. The highest BCUT2D eigenvalue weighted by Crippen LogP contribution is 2.27. The molecule has 0 aliphatic carbocycles. The minimum atomic E-state index is -4.74. The Labute approximate surface area is 120 Å². The van der Waals surface area contributed by atoms with E-state index in [-0.39, 0.29) is 15.9 Å². The monoisotopic (exact) mass is 316 g/mol. The highest BCUT2D eigenvalue weighted by molar-refractivity contribution is 7.71. The SMILES string of the molecule is O=C(O)c1ccccc1/C=N/n1c(C(F)(F)F)n[nH]c1=S. The van der Waals surface area contributed by atoms with E-state index < -0.39 is 18.0 Å². The maximum absolute atomic E-state index is 12.7. The molecule has 10 heteroatoms. The molecular weight excluding hydrogens is 309 g/mol. The molecular formula is C11H7F3N4O2S. The van der Waals surface area contributed by atoms with Crippen molar-refractivity contribution in [2.45, 2.75) is 6.18 Å². The molecule has 0 aliphatic heterocycles. The third kappa shape index (κ3) is 3.16. The Kier molecular flexibility index (Phi) is 3.89. The normalized spacial score (nSPS) is 12.0. The van der Waals surface area contributed by atoms with Crippen LogP contribution in [-0.2, 0) is 6.18 Å². The van der Waals surface area contributed by atoms with Crippen molar-refractivity contribution in [3.63, 3.8) is 0 Å². The van der Waals surface area contributed by atoms with Crippen LogP contribution in [-0.4, -0.2) is 32.2 Å². The molecule has 0 fully saturated rings. The first-order valence-electron chi connectivity index (χ1n) is 5.42. The number of nitrogens with zero attached hydrogens (tertiary/aromatic N) is 3. The lowest BCUT2D eigenvalue weighted by atomic mass is 10.1. The number of carboxylic acids is 1. The number of aromatic carboxylic acids is 1.